The van der Waals surface area contributed by atoms with Crippen molar-refractivity contribution in [2.75, 3.05) is 0 Å². The predicted octanol–water partition coefficient (Wildman–Crippen LogP) is 3.38. The SMILES string of the molecule is Cc1ccc(C(=O)N/N=C/c2ccc(C)c(C)c2)cc1. The first-order valence-electron chi connectivity index (χ1n) is 6.53. The van der Waals surface area contributed by atoms with E-state index in [9.17, 15) is 4.79 Å². The molecular weight excluding hydrogens is 248 g/mol. The molecule has 0 radical (unpaired) electrons. The van der Waals surface area contributed by atoms with Crippen LogP contribution in [0.4, 0.5) is 0 Å². The van der Waals surface area contributed by atoms with Gasteiger partial charge >= 0.3 is 0 Å². The number of hydrogen-bond donors (Lipinski definition) is 1. The van der Waals surface area contributed by atoms with Gasteiger partial charge in [-0.15, -0.1) is 0 Å². The lowest BCUT2D eigenvalue weighted by atomic mass is 10.1. The highest BCUT2D eigenvalue weighted by atomic mass is 16.2. The summed E-state index contributed by atoms with van der Waals surface area (Å²) in [7, 11) is 0. The summed E-state index contributed by atoms with van der Waals surface area (Å²) in [6.45, 7) is 6.10. The number of nitrogens with one attached hydrogen (secondary N) is 1. The largest absolute Gasteiger partial charge is 0.271 e. The van der Waals surface area contributed by atoms with Crippen molar-refractivity contribution in [1.29, 1.82) is 0 Å². The van der Waals surface area contributed by atoms with Gasteiger partial charge < -0.3 is 0 Å². The zero-order valence-corrected chi connectivity index (χ0v) is 12.0. The number of hydrazone groups is 1. The summed E-state index contributed by atoms with van der Waals surface area (Å²) in [4.78, 5) is 11.8. The van der Waals surface area contributed by atoms with Crippen LogP contribution in [-0.2, 0) is 0 Å². The Morgan fingerprint density at radius 3 is 2.35 bits per heavy atom. The highest BCUT2D eigenvalue weighted by Crippen LogP contribution is 2.08. The second-order valence-corrected chi connectivity index (χ2v) is 4.91. The number of aryl methyl sites for hydroxylation is 3. The van der Waals surface area contributed by atoms with E-state index < -0.39 is 0 Å². The molecule has 2 aromatic rings. The molecule has 0 saturated carbocycles. The summed E-state index contributed by atoms with van der Waals surface area (Å²) < 4.78 is 0. The second kappa shape index (κ2) is 6.15. The molecule has 2 aromatic carbocycles. The smallest absolute Gasteiger partial charge is 0.267 e. The van der Waals surface area contributed by atoms with E-state index in [0.29, 0.717) is 5.56 Å². The standard InChI is InChI=1S/C17H18N2O/c1-12-4-8-16(9-5-12)17(20)19-18-11-15-7-6-13(2)14(3)10-15/h4-11H,1-3H3,(H,19,20)/b18-11+. The lowest BCUT2D eigenvalue weighted by Gasteiger charge is -2.02. The Balaban J connectivity index is 2.00. The van der Waals surface area contributed by atoms with Crippen LogP contribution in [0.3, 0.4) is 0 Å². The average molecular weight is 266 g/mol. The zero-order valence-electron chi connectivity index (χ0n) is 12.0. The number of nitrogens with zero attached hydrogens (tertiary/aromatic N) is 1. The van der Waals surface area contributed by atoms with Gasteiger partial charge in [0.25, 0.3) is 5.91 Å². The average Bonchev–Trinajstić information content (AvgIpc) is 2.43. The van der Waals surface area contributed by atoms with E-state index in [1.54, 1.807) is 18.3 Å². The molecule has 0 heterocycles. The molecule has 0 aliphatic rings. The zero-order chi connectivity index (χ0) is 14.5. The van der Waals surface area contributed by atoms with Crippen LogP contribution in [-0.4, -0.2) is 12.1 Å². The third kappa shape index (κ3) is 3.54. The minimum Gasteiger partial charge on any atom is -0.267 e. The van der Waals surface area contributed by atoms with Gasteiger partial charge in [0.2, 0.25) is 0 Å². The molecule has 0 aliphatic heterocycles. The van der Waals surface area contributed by atoms with Gasteiger partial charge in [0, 0.05) is 5.56 Å². The van der Waals surface area contributed by atoms with Gasteiger partial charge in [0.1, 0.15) is 0 Å². The molecule has 3 nitrogen and oxygen atoms in total. The van der Waals surface area contributed by atoms with Gasteiger partial charge in [0.05, 0.1) is 6.21 Å². The van der Waals surface area contributed by atoms with Gasteiger partial charge in [-0.05, 0) is 49.6 Å². The highest BCUT2D eigenvalue weighted by Gasteiger charge is 2.02. The molecule has 0 spiro atoms. The van der Waals surface area contributed by atoms with E-state index in [0.717, 1.165) is 11.1 Å². The molecule has 0 aliphatic carbocycles. The molecule has 0 aromatic heterocycles. The van der Waals surface area contributed by atoms with Crippen molar-refractivity contribution in [1.82, 2.24) is 5.43 Å². The molecule has 102 valence electrons. The Bertz CT molecular complexity index is 643. The summed E-state index contributed by atoms with van der Waals surface area (Å²) >= 11 is 0. The molecule has 0 unspecified atom stereocenters. The lowest BCUT2D eigenvalue weighted by molar-refractivity contribution is 0.0955. The summed E-state index contributed by atoms with van der Waals surface area (Å²) in [5.41, 5.74) is 7.68. The normalized spacial score (nSPS) is 10.8. The number of carbonyl (C=O) groups is 1. The number of amides is 1. The van der Waals surface area contributed by atoms with Crippen molar-refractivity contribution in [2.24, 2.45) is 5.10 Å². The fraction of sp³-hybridized carbons (Fsp3) is 0.176. The Labute approximate surface area is 119 Å². The van der Waals surface area contributed by atoms with Crippen LogP contribution in [0.25, 0.3) is 0 Å². The van der Waals surface area contributed by atoms with Crippen LogP contribution in [0.5, 0.6) is 0 Å². The molecular formula is C17H18N2O. The maximum Gasteiger partial charge on any atom is 0.271 e. The van der Waals surface area contributed by atoms with Crippen molar-refractivity contribution in [2.45, 2.75) is 20.8 Å². The predicted molar refractivity (Wildman–Crippen MR) is 82.2 cm³/mol. The molecule has 0 saturated heterocycles. The first kappa shape index (κ1) is 14.0. The first-order valence-corrected chi connectivity index (χ1v) is 6.53. The summed E-state index contributed by atoms with van der Waals surface area (Å²) in [6.07, 6.45) is 1.65. The van der Waals surface area contributed by atoms with Gasteiger partial charge in [-0.2, -0.15) is 5.10 Å². The van der Waals surface area contributed by atoms with Gasteiger partial charge in [0.15, 0.2) is 0 Å². The van der Waals surface area contributed by atoms with E-state index in [2.05, 4.69) is 24.4 Å². The highest BCUT2D eigenvalue weighted by molar-refractivity contribution is 5.94. The molecule has 0 bridgehead atoms. The summed E-state index contributed by atoms with van der Waals surface area (Å²) in [6, 6.07) is 13.4. The topological polar surface area (TPSA) is 41.5 Å². The van der Waals surface area contributed by atoms with Crippen LogP contribution in [0.2, 0.25) is 0 Å². The summed E-state index contributed by atoms with van der Waals surface area (Å²) in [5, 5.41) is 3.99. The van der Waals surface area contributed by atoms with Crippen LogP contribution in [0, 0.1) is 20.8 Å². The minimum absolute atomic E-state index is 0.204. The van der Waals surface area contributed by atoms with E-state index in [1.165, 1.54) is 11.1 Å². The van der Waals surface area contributed by atoms with Gasteiger partial charge in [-0.1, -0.05) is 35.9 Å². The number of carbonyl (C=O) groups excluding carboxylic acids is 1. The molecule has 3 heteroatoms. The second-order valence-electron chi connectivity index (χ2n) is 4.91. The third-order valence-electron chi connectivity index (χ3n) is 3.22. The monoisotopic (exact) mass is 266 g/mol. The summed E-state index contributed by atoms with van der Waals surface area (Å²) in [5.74, 6) is -0.204. The number of benzene rings is 2. The van der Waals surface area contributed by atoms with Crippen molar-refractivity contribution in [3.8, 4) is 0 Å². The van der Waals surface area contributed by atoms with Crippen molar-refractivity contribution < 1.29 is 4.79 Å². The molecule has 20 heavy (non-hydrogen) atoms. The van der Waals surface area contributed by atoms with E-state index >= 15 is 0 Å². The van der Waals surface area contributed by atoms with Gasteiger partial charge in [-0.25, -0.2) is 5.43 Å². The fourth-order valence-corrected chi connectivity index (χ4v) is 1.78. The molecule has 2 rings (SSSR count). The number of hydrogen-bond acceptors (Lipinski definition) is 2. The third-order valence-corrected chi connectivity index (χ3v) is 3.22. The quantitative estimate of drug-likeness (QED) is 0.671. The van der Waals surface area contributed by atoms with Crippen LogP contribution < -0.4 is 5.43 Å². The lowest BCUT2D eigenvalue weighted by Crippen LogP contribution is -2.17. The molecule has 1 amide bonds. The van der Waals surface area contributed by atoms with E-state index in [1.807, 2.05) is 37.3 Å². The maximum absolute atomic E-state index is 11.8. The maximum atomic E-state index is 11.8. The molecule has 0 atom stereocenters. The number of rotatable bonds is 3. The van der Waals surface area contributed by atoms with Crippen molar-refractivity contribution in [3.63, 3.8) is 0 Å². The van der Waals surface area contributed by atoms with Crippen LogP contribution in [0.15, 0.2) is 47.6 Å². The van der Waals surface area contributed by atoms with E-state index in [-0.39, 0.29) is 5.91 Å². The fourth-order valence-electron chi connectivity index (χ4n) is 1.78. The first-order chi connectivity index (χ1) is 9.56. The van der Waals surface area contributed by atoms with Crippen LogP contribution >= 0.6 is 0 Å². The van der Waals surface area contributed by atoms with Crippen molar-refractivity contribution in [3.05, 3.63) is 70.3 Å². The Morgan fingerprint density at radius 2 is 1.70 bits per heavy atom. The molecule has 1 N–H and O–H groups in total. The Kier molecular flexibility index (Phi) is 4.31. The minimum atomic E-state index is -0.204. The Morgan fingerprint density at radius 1 is 1.00 bits per heavy atom. The van der Waals surface area contributed by atoms with Gasteiger partial charge in [-0.3, -0.25) is 4.79 Å². The van der Waals surface area contributed by atoms with Crippen LogP contribution in [0.1, 0.15) is 32.6 Å². The van der Waals surface area contributed by atoms with E-state index in [4.69, 9.17) is 0 Å². The molecule has 0 fully saturated rings. The Hall–Kier alpha value is -2.42. The van der Waals surface area contributed by atoms with Crippen molar-refractivity contribution >= 4 is 12.1 Å².